The highest BCUT2D eigenvalue weighted by Gasteiger charge is 2.27. The smallest absolute Gasteiger partial charge is 0.0897 e. The molecule has 0 heterocycles. The van der Waals surface area contributed by atoms with Crippen molar-refractivity contribution in [3.63, 3.8) is 0 Å². The first-order chi connectivity index (χ1) is 8.39. The molecule has 1 rings (SSSR count). The fourth-order valence-corrected chi connectivity index (χ4v) is 2.38. The van der Waals surface area contributed by atoms with Crippen molar-refractivity contribution in [2.45, 2.75) is 65.6 Å². The van der Waals surface area contributed by atoms with Crippen LogP contribution in [0.4, 0.5) is 0 Å². The maximum absolute atomic E-state index is 9.81. The molecule has 1 saturated carbocycles. The van der Waals surface area contributed by atoms with Gasteiger partial charge in [-0.05, 0) is 43.6 Å². The Kier molecular flexibility index (Phi) is 6.61. The Balaban J connectivity index is 2.06. The molecule has 1 aliphatic rings. The third-order valence-electron chi connectivity index (χ3n) is 3.74. The summed E-state index contributed by atoms with van der Waals surface area (Å²) in [5, 5.41) is 13.1. The van der Waals surface area contributed by atoms with E-state index in [9.17, 15) is 5.11 Å². The zero-order valence-electron chi connectivity index (χ0n) is 12.5. The number of aliphatic hydroxyl groups is 1. The summed E-state index contributed by atoms with van der Waals surface area (Å²) in [6, 6.07) is 0. The second kappa shape index (κ2) is 7.46. The lowest BCUT2D eigenvalue weighted by molar-refractivity contribution is -0.0365. The Bertz CT molecular complexity index is 219. The van der Waals surface area contributed by atoms with Crippen LogP contribution in [0.5, 0.6) is 0 Å². The molecule has 2 N–H and O–H groups in total. The van der Waals surface area contributed by atoms with Gasteiger partial charge >= 0.3 is 0 Å². The van der Waals surface area contributed by atoms with Crippen molar-refractivity contribution in [3.05, 3.63) is 0 Å². The van der Waals surface area contributed by atoms with Gasteiger partial charge in [-0.25, -0.2) is 0 Å². The molecule has 3 heteroatoms. The van der Waals surface area contributed by atoms with Gasteiger partial charge in [0.25, 0.3) is 0 Å². The standard InChI is InChI=1S/C15H31NO2/c1-12(2)9-16-10-13(17)11-18-14-5-7-15(3,4)8-6-14/h12-14,16-17H,5-11H2,1-4H3. The summed E-state index contributed by atoms with van der Waals surface area (Å²) in [4.78, 5) is 0. The molecule has 0 bridgehead atoms. The quantitative estimate of drug-likeness (QED) is 0.736. The first-order valence-electron chi connectivity index (χ1n) is 7.39. The van der Waals surface area contributed by atoms with Crippen LogP contribution in [0.2, 0.25) is 0 Å². The Morgan fingerprint density at radius 2 is 1.83 bits per heavy atom. The minimum Gasteiger partial charge on any atom is -0.389 e. The maximum Gasteiger partial charge on any atom is 0.0897 e. The zero-order valence-corrected chi connectivity index (χ0v) is 12.5. The largest absolute Gasteiger partial charge is 0.389 e. The highest BCUT2D eigenvalue weighted by Crippen LogP contribution is 2.36. The molecule has 0 amide bonds. The molecule has 0 spiro atoms. The molecular formula is C15H31NO2. The second-order valence-corrected chi connectivity index (χ2v) is 6.90. The van der Waals surface area contributed by atoms with Gasteiger partial charge in [0.1, 0.15) is 0 Å². The van der Waals surface area contributed by atoms with Crippen molar-refractivity contribution < 1.29 is 9.84 Å². The molecule has 0 aromatic rings. The Morgan fingerprint density at radius 3 is 2.39 bits per heavy atom. The second-order valence-electron chi connectivity index (χ2n) is 6.90. The number of nitrogens with one attached hydrogen (secondary N) is 1. The molecule has 0 radical (unpaired) electrons. The van der Waals surface area contributed by atoms with Crippen molar-refractivity contribution in [3.8, 4) is 0 Å². The van der Waals surface area contributed by atoms with Gasteiger partial charge in [-0.15, -0.1) is 0 Å². The zero-order chi connectivity index (χ0) is 13.6. The topological polar surface area (TPSA) is 41.5 Å². The molecule has 0 aromatic carbocycles. The van der Waals surface area contributed by atoms with Crippen LogP contribution in [0.15, 0.2) is 0 Å². The first-order valence-corrected chi connectivity index (χ1v) is 7.39. The lowest BCUT2D eigenvalue weighted by Gasteiger charge is -2.34. The lowest BCUT2D eigenvalue weighted by atomic mass is 9.76. The Morgan fingerprint density at radius 1 is 1.22 bits per heavy atom. The predicted molar refractivity (Wildman–Crippen MR) is 75.7 cm³/mol. The molecule has 1 aliphatic carbocycles. The summed E-state index contributed by atoms with van der Waals surface area (Å²) in [5.74, 6) is 0.624. The highest BCUT2D eigenvalue weighted by molar-refractivity contribution is 4.79. The molecule has 1 unspecified atom stereocenters. The maximum atomic E-state index is 9.81. The molecular weight excluding hydrogens is 226 g/mol. The van der Waals surface area contributed by atoms with Crippen LogP contribution in [0.25, 0.3) is 0 Å². The normalized spacial score (nSPS) is 22.3. The van der Waals surface area contributed by atoms with Gasteiger partial charge in [0, 0.05) is 6.54 Å². The third-order valence-corrected chi connectivity index (χ3v) is 3.74. The van der Waals surface area contributed by atoms with E-state index in [1.165, 1.54) is 12.8 Å². The van der Waals surface area contributed by atoms with E-state index in [2.05, 4.69) is 33.0 Å². The Labute approximate surface area is 112 Å². The summed E-state index contributed by atoms with van der Waals surface area (Å²) < 4.78 is 5.81. The van der Waals surface area contributed by atoms with E-state index >= 15 is 0 Å². The molecule has 1 atom stereocenters. The van der Waals surface area contributed by atoms with Gasteiger partial charge in [0.05, 0.1) is 18.8 Å². The molecule has 0 aliphatic heterocycles. The van der Waals surface area contributed by atoms with Crippen LogP contribution in [0, 0.1) is 11.3 Å². The molecule has 108 valence electrons. The van der Waals surface area contributed by atoms with Crippen LogP contribution >= 0.6 is 0 Å². The van der Waals surface area contributed by atoms with E-state index in [1.807, 2.05) is 0 Å². The van der Waals surface area contributed by atoms with E-state index in [1.54, 1.807) is 0 Å². The van der Waals surface area contributed by atoms with E-state index < -0.39 is 0 Å². The molecule has 0 saturated heterocycles. The van der Waals surface area contributed by atoms with Crippen molar-refractivity contribution in [2.75, 3.05) is 19.7 Å². The van der Waals surface area contributed by atoms with Crippen LogP contribution in [-0.4, -0.2) is 37.0 Å². The van der Waals surface area contributed by atoms with E-state index in [0.29, 0.717) is 30.6 Å². The van der Waals surface area contributed by atoms with Crippen LogP contribution in [0.3, 0.4) is 0 Å². The summed E-state index contributed by atoms with van der Waals surface area (Å²) in [6.45, 7) is 11.0. The van der Waals surface area contributed by atoms with Crippen molar-refractivity contribution >= 4 is 0 Å². The van der Waals surface area contributed by atoms with Gasteiger partial charge in [-0.2, -0.15) is 0 Å². The van der Waals surface area contributed by atoms with Crippen LogP contribution in [-0.2, 0) is 4.74 Å². The minimum absolute atomic E-state index is 0.359. The monoisotopic (exact) mass is 257 g/mol. The van der Waals surface area contributed by atoms with Gasteiger partial charge in [0.2, 0.25) is 0 Å². The molecule has 3 nitrogen and oxygen atoms in total. The Hall–Kier alpha value is -0.120. The highest BCUT2D eigenvalue weighted by atomic mass is 16.5. The van der Waals surface area contributed by atoms with Gasteiger partial charge in [-0.1, -0.05) is 27.7 Å². The van der Waals surface area contributed by atoms with Crippen molar-refractivity contribution in [2.24, 2.45) is 11.3 Å². The number of rotatable bonds is 7. The first kappa shape index (κ1) is 15.9. The lowest BCUT2D eigenvalue weighted by Crippen LogP contribution is -2.35. The summed E-state index contributed by atoms with van der Waals surface area (Å²) in [5.41, 5.74) is 0.483. The van der Waals surface area contributed by atoms with E-state index in [-0.39, 0.29) is 6.10 Å². The third kappa shape index (κ3) is 6.72. The summed E-state index contributed by atoms with van der Waals surface area (Å²) in [7, 11) is 0. The number of hydrogen-bond acceptors (Lipinski definition) is 3. The number of hydrogen-bond donors (Lipinski definition) is 2. The number of aliphatic hydroxyl groups excluding tert-OH is 1. The molecule has 1 fully saturated rings. The van der Waals surface area contributed by atoms with Crippen molar-refractivity contribution in [1.29, 1.82) is 0 Å². The van der Waals surface area contributed by atoms with Gasteiger partial charge in [-0.3, -0.25) is 0 Å². The minimum atomic E-state index is -0.376. The molecule has 18 heavy (non-hydrogen) atoms. The summed E-state index contributed by atoms with van der Waals surface area (Å²) >= 11 is 0. The SMILES string of the molecule is CC(C)CNCC(O)COC1CCC(C)(C)CC1. The molecule has 0 aromatic heterocycles. The van der Waals surface area contributed by atoms with Gasteiger partial charge in [0.15, 0.2) is 0 Å². The summed E-state index contributed by atoms with van der Waals surface area (Å²) in [6.07, 6.45) is 4.73. The fraction of sp³-hybridized carbons (Fsp3) is 1.00. The number of ether oxygens (including phenoxy) is 1. The van der Waals surface area contributed by atoms with Crippen LogP contribution < -0.4 is 5.32 Å². The predicted octanol–water partition coefficient (Wildman–Crippen LogP) is 2.58. The van der Waals surface area contributed by atoms with E-state index in [0.717, 1.165) is 19.4 Å². The van der Waals surface area contributed by atoms with Crippen LogP contribution in [0.1, 0.15) is 53.4 Å². The van der Waals surface area contributed by atoms with Gasteiger partial charge < -0.3 is 15.2 Å². The average Bonchev–Trinajstić information content (AvgIpc) is 2.27. The fourth-order valence-electron chi connectivity index (χ4n) is 2.38. The van der Waals surface area contributed by atoms with E-state index in [4.69, 9.17) is 4.74 Å². The van der Waals surface area contributed by atoms with Crippen molar-refractivity contribution in [1.82, 2.24) is 5.32 Å². The average molecular weight is 257 g/mol.